The Labute approximate surface area is 177 Å². The molecule has 29 heavy (non-hydrogen) atoms. The summed E-state index contributed by atoms with van der Waals surface area (Å²) in [5, 5.41) is 2.88. The number of hydrogen-bond donors (Lipinski definition) is 2. The van der Waals surface area contributed by atoms with Gasteiger partial charge in [0.15, 0.2) is 0 Å². The number of fused-ring (bicyclic) bond motifs is 1. The number of morpholine rings is 1. The molecule has 2 aliphatic heterocycles. The van der Waals surface area contributed by atoms with Crippen molar-refractivity contribution < 1.29 is 17.9 Å². The quantitative estimate of drug-likeness (QED) is 0.699. The number of nitrogens with one attached hydrogen (secondary N) is 2. The van der Waals surface area contributed by atoms with Crippen LogP contribution in [0, 0.1) is 0 Å². The van der Waals surface area contributed by atoms with Crippen LogP contribution in [0.3, 0.4) is 0 Å². The second-order valence-corrected chi connectivity index (χ2v) is 9.14. The van der Waals surface area contributed by atoms with Crippen molar-refractivity contribution in [3.05, 3.63) is 52.5 Å². The third kappa shape index (κ3) is 4.29. The van der Waals surface area contributed by atoms with E-state index in [-0.39, 0.29) is 23.2 Å². The van der Waals surface area contributed by atoms with Gasteiger partial charge in [0.05, 0.1) is 29.5 Å². The summed E-state index contributed by atoms with van der Waals surface area (Å²) in [7, 11) is -3.63. The number of benzene rings is 2. The van der Waals surface area contributed by atoms with Crippen LogP contribution in [0.1, 0.15) is 5.56 Å². The van der Waals surface area contributed by atoms with Crippen LogP contribution >= 0.6 is 15.9 Å². The van der Waals surface area contributed by atoms with Gasteiger partial charge in [-0.15, -0.1) is 0 Å². The van der Waals surface area contributed by atoms with Gasteiger partial charge in [0, 0.05) is 23.1 Å². The number of carbonyl (C=O) groups is 1. The molecule has 2 aliphatic rings. The minimum atomic E-state index is -3.63. The minimum absolute atomic E-state index is 0.167. The van der Waals surface area contributed by atoms with Crippen LogP contribution in [-0.2, 0) is 19.6 Å². The highest BCUT2D eigenvalue weighted by molar-refractivity contribution is 9.10. The van der Waals surface area contributed by atoms with Gasteiger partial charge in [-0.25, -0.2) is 8.42 Å². The Bertz CT molecular complexity index is 1080. The van der Waals surface area contributed by atoms with Crippen LogP contribution in [0.4, 0.5) is 11.4 Å². The largest absolute Gasteiger partial charge is 0.378 e. The van der Waals surface area contributed by atoms with Crippen LogP contribution in [0.5, 0.6) is 0 Å². The van der Waals surface area contributed by atoms with E-state index in [0.29, 0.717) is 24.5 Å². The number of aliphatic imine (C=N–C) groups is 1. The van der Waals surface area contributed by atoms with Crippen LogP contribution in [0.2, 0.25) is 0 Å². The van der Waals surface area contributed by atoms with E-state index in [1.54, 1.807) is 18.2 Å². The van der Waals surface area contributed by atoms with E-state index in [1.807, 2.05) is 18.2 Å². The lowest BCUT2D eigenvalue weighted by Crippen LogP contribution is -2.36. The molecule has 4 rings (SSSR count). The maximum atomic E-state index is 12.5. The lowest BCUT2D eigenvalue weighted by Gasteiger charge is -2.30. The molecule has 2 N–H and O–H groups in total. The lowest BCUT2D eigenvalue weighted by molar-refractivity contribution is -0.114. The van der Waals surface area contributed by atoms with Gasteiger partial charge >= 0.3 is 0 Å². The molecule has 0 saturated carbocycles. The summed E-state index contributed by atoms with van der Waals surface area (Å²) < 4.78 is 32.9. The summed E-state index contributed by atoms with van der Waals surface area (Å²) in [6, 6.07) is 12.2. The highest BCUT2D eigenvalue weighted by Crippen LogP contribution is 2.30. The molecule has 2 heterocycles. The number of sulfonamides is 1. The van der Waals surface area contributed by atoms with Crippen molar-refractivity contribution in [2.75, 3.05) is 43.1 Å². The van der Waals surface area contributed by atoms with Crippen LogP contribution in [0.15, 0.2) is 56.8 Å². The number of ether oxygens (including phenoxy) is 1. The molecular weight excluding hydrogens is 460 g/mol. The smallest absolute Gasteiger partial charge is 0.263 e. The maximum Gasteiger partial charge on any atom is 0.263 e. The Morgan fingerprint density at radius 3 is 2.76 bits per heavy atom. The molecule has 0 aliphatic carbocycles. The molecule has 0 radical (unpaired) electrons. The van der Waals surface area contributed by atoms with Crippen molar-refractivity contribution in [2.45, 2.75) is 4.90 Å². The van der Waals surface area contributed by atoms with Gasteiger partial charge in [0.25, 0.3) is 10.0 Å². The van der Waals surface area contributed by atoms with Crippen LogP contribution < -0.4 is 14.9 Å². The van der Waals surface area contributed by atoms with E-state index in [2.05, 4.69) is 35.9 Å². The summed E-state index contributed by atoms with van der Waals surface area (Å²) in [5.41, 5.74) is 2.04. The number of hydrogen-bond acceptors (Lipinski definition) is 6. The highest BCUT2D eigenvalue weighted by atomic mass is 79.9. The number of anilines is 2. The first-order chi connectivity index (χ1) is 13.9. The molecule has 0 bridgehead atoms. The molecule has 1 fully saturated rings. The zero-order chi connectivity index (χ0) is 20.4. The van der Waals surface area contributed by atoms with Crippen molar-refractivity contribution in [3.63, 3.8) is 0 Å². The highest BCUT2D eigenvalue weighted by Gasteiger charge is 2.30. The third-order valence-corrected chi connectivity index (χ3v) is 6.52. The Kier molecular flexibility index (Phi) is 5.57. The molecule has 8 nitrogen and oxygen atoms in total. The minimum Gasteiger partial charge on any atom is -0.378 e. The van der Waals surface area contributed by atoms with Crippen molar-refractivity contribution in [2.24, 2.45) is 4.99 Å². The standard InChI is InChI=1S/C19H19BrN4O4S/c20-13-5-6-16(24-7-9-28-10-8-24)15(11-13)22-18(25)12-21-19-14-3-1-2-4-17(14)29(26,27)23-19/h1-6,11H,7-10,12H2,(H,21,23)(H,22,25). The molecule has 10 heteroatoms. The van der Waals surface area contributed by atoms with Gasteiger partial charge in [-0.2, -0.15) is 0 Å². The van der Waals surface area contributed by atoms with Gasteiger partial charge in [0.1, 0.15) is 12.4 Å². The van der Waals surface area contributed by atoms with Gasteiger partial charge in [-0.05, 0) is 30.3 Å². The number of amides is 1. The number of amidine groups is 1. The first kappa shape index (κ1) is 19.9. The summed E-state index contributed by atoms with van der Waals surface area (Å²) in [6.45, 7) is 2.55. The summed E-state index contributed by atoms with van der Waals surface area (Å²) >= 11 is 3.43. The van der Waals surface area contributed by atoms with Gasteiger partial charge in [0.2, 0.25) is 5.91 Å². The summed E-state index contributed by atoms with van der Waals surface area (Å²) in [6.07, 6.45) is 0. The molecule has 0 aromatic heterocycles. The molecule has 0 atom stereocenters. The van der Waals surface area contributed by atoms with Crippen molar-refractivity contribution in [1.82, 2.24) is 4.72 Å². The first-order valence-electron chi connectivity index (χ1n) is 9.03. The fraction of sp³-hybridized carbons (Fsp3) is 0.263. The fourth-order valence-electron chi connectivity index (χ4n) is 3.28. The Hall–Kier alpha value is -2.43. The Morgan fingerprint density at radius 2 is 1.97 bits per heavy atom. The molecule has 1 amide bonds. The maximum absolute atomic E-state index is 12.5. The van der Waals surface area contributed by atoms with Gasteiger partial charge in [-0.1, -0.05) is 28.1 Å². The number of rotatable bonds is 4. The summed E-state index contributed by atoms with van der Waals surface area (Å²) in [4.78, 5) is 19.0. The molecule has 1 saturated heterocycles. The third-order valence-electron chi connectivity index (χ3n) is 4.63. The first-order valence-corrected chi connectivity index (χ1v) is 11.3. The van der Waals surface area contributed by atoms with E-state index < -0.39 is 10.0 Å². The molecule has 152 valence electrons. The van der Waals surface area contributed by atoms with Crippen LogP contribution in [0.25, 0.3) is 0 Å². The van der Waals surface area contributed by atoms with E-state index in [9.17, 15) is 13.2 Å². The normalized spacial score (nSPS) is 18.9. The second-order valence-electron chi connectivity index (χ2n) is 6.58. The molecule has 2 aromatic carbocycles. The predicted octanol–water partition coefficient (Wildman–Crippen LogP) is 1.96. The SMILES string of the molecule is O=C(CN=C1NS(=O)(=O)c2ccccc21)Nc1cc(Br)ccc1N1CCOCC1. The van der Waals surface area contributed by atoms with E-state index in [4.69, 9.17) is 4.74 Å². The molecule has 2 aromatic rings. The van der Waals surface area contributed by atoms with E-state index >= 15 is 0 Å². The molecule has 0 spiro atoms. The Balaban J connectivity index is 1.51. The van der Waals surface area contributed by atoms with Gasteiger partial charge in [-0.3, -0.25) is 14.5 Å². The zero-order valence-electron chi connectivity index (χ0n) is 15.4. The number of halogens is 1. The van der Waals surface area contributed by atoms with Crippen molar-refractivity contribution in [3.8, 4) is 0 Å². The van der Waals surface area contributed by atoms with E-state index in [0.717, 1.165) is 23.2 Å². The number of nitrogens with zero attached hydrogens (tertiary/aromatic N) is 2. The summed E-state index contributed by atoms with van der Waals surface area (Å²) in [5.74, 6) is -0.160. The zero-order valence-corrected chi connectivity index (χ0v) is 17.8. The van der Waals surface area contributed by atoms with Crippen molar-refractivity contribution in [1.29, 1.82) is 0 Å². The molecule has 0 unspecified atom stereocenters. The van der Waals surface area contributed by atoms with Crippen molar-refractivity contribution >= 4 is 49.1 Å². The topological polar surface area (TPSA) is 100 Å². The lowest BCUT2D eigenvalue weighted by atomic mass is 10.2. The average Bonchev–Trinajstić information content (AvgIpc) is 2.98. The molecular formula is C19H19BrN4O4S. The second kappa shape index (κ2) is 8.13. The Morgan fingerprint density at radius 1 is 1.21 bits per heavy atom. The fourth-order valence-corrected chi connectivity index (χ4v) is 4.89. The number of carbonyl (C=O) groups excluding carboxylic acids is 1. The average molecular weight is 479 g/mol. The predicted molar refractivity (Wildman–Crippen MR) is 114 cm³/mol. The van der Waals surface area contributed by atoms with E-state index in [1.165, 1.54) is 6.07 Å². The van der Waals surface area contributed by atoms with Gasteiger partial charge < -0.3 is 15.0 Å². The monoisotopic (exact) mass is 478 g/mol. The van der Waals surface area contributed by atoms with Crippen LogP contribution in [-0.4, -0.2) is 53.0 Å².